The first-order valence-corrected chi connectivity index (χ1v) is 7.80. The fraction of sp³-hybridized carbons (Fsp3) is 0.412. The van der Waals surface area contributed by atoms with E-state index in [4.69, 9.17) is 9.15 Å². The van der Waals surface area contributed by atoms with Crippen molar-refractivity contribution in [2.45, 2.75) is 20.8 Å². The number of benzene rings is 1. The number of nitrogens with one attached hydrogen (secondary N) is 1. The van der Waals surface area contributed by atoms with E-state index >= 15 is 0 Å². The van der Waals surface area contributed by atoms with Crippen LogP contribution in [0, 0.1) is 0 Å². The summed E-state index contributed by atoms with van der Waals surface area (Å²) in [5.74, 6) is -0.398. The van der Waals surface area contributed by atoms with E-state index in [0.717, 1.165) is 0 Å². The summed E-state index contributed by atoms with van der Waals surface area (Å²) in [4.78, 5) is 26.3. The second-order valence-corrected chi connectivity index (χ2v) is 4.97. The molecule has 2 rings (SSSR count). The van der Waals surface area contributed by atoms with Crippen LogP contribution in [-0.2, 0) is 9.53 Å². The third-order valence-electron chi connectivity index (χ3n) is 3.54. The predicted octanol–water partition coefficient (Wildman–Crippen LogP) is 2.89. The van der Waals surface area contributed by atoms with E-state index in [2.05, 4.69) is 5.32 Å². The molecule has 0 saturated heterocycles. The summed E-state index contributed by atoms with van der Waals surface area (Å²) in [7, 11) is 0. The molecule has 1 aromatic heterocycles. The molecule has 23 heavy (non-hydrogen) atoms. The van der Waals surface area contributed by atoms with Gasteiger partial charge in [0.05, 0.1) is 0 Å². The number of anilines is 1. The molecule has 1 N–H and O–H groups in total. The molecular formula is C17H22N2O4. The Morgan fingerprint density at radius 3 is 2.52 bits per heavy atom. The largest absolute Gasteiger partial charge is 0.449 e. The van der Waals surface area contributed by atoms with E-state index in [1.165, 1.54) is 0 Å². The summed E-state index contributed by atoms with van der Waals surface area (Å²) in [5, 5.41) is 3.45. The van der Waals surface area contributed by atoms with Gasteiger partial charge in [-0.1, -0.05) is 12.1 Å². The number of rotatable bonds is 7. The molecule has 2 aromatic rings. The lowest BCUT2D eigenvalue weighted by molar-refractivity contribution is -0.120. The zero-order valence-electron chi connectivity index (χ0n) is 13.7. The zero-order valence-corrected chi connectivity index (χ0v) is 13.7. The number of fused-ring (bicyclic) bond motifs is 1. The second kappa shape index (κ2) is 7.78. The second-order valence-electron chi connectivity index (χ2n) is 4.97. The van der Waals surface area contributed by atoms with Gasteiger partial charge in [0, 0.05) is 25.1 Å². The van der Waals surface area contributed by atoms with Gasteiger partial charge in [-0.3, -0.25) is 9.59 Å². The number of furan rings is 1. The van der Waals surface area contributed by atoms with Crippen molar-refractivity contribution >= 4 is 28.5 Å². The van der Waals surface area contributed by atoms with Gasteiger partial charge < -0.3 is 19.4 Å². The molecule has 0 fully saturated rings. The Hall–Kier alpha value is -2.34. The molecule has 2 amide bonds. The molecule has 1 aromatic carbocycles. The molecule has 0 aliphatic heterocycles. The van der Waals surface area contributed by atoms with Crippen LogP contribution in [-0.4, -0.2) is 43.0 Å². The highest BCUT2D eigenvalue weighted by Crippen LogP contribution is 2.31. The Bertz CT molecular complexity index is 689. The van der Waals surface area contributed by atoms with Crippen LogP contribution in [0.2, 0.25) is 0 Å². The highest BCUT2D eigenvalue weighted by atomic mass is 16.5. The predicted molar refractivity (Wildman–Crippen MR) is 88.6 cm³/mol. The summed E-state index contributed by atoms with van der Waals surface area (Å²) in [6.45, 7) is 7.14. The molecule has 0 unspecified atom stereocenters. The molecule has 0 radical (unpaired) electrons. The number of para-hydroxylation sites is 1. The van der Waals surface area contributed by atoms with Crippen LogP contribution in [0.15, 0.2) is 28.7 Å². The quantitative estimate of drug-likeness (QED) is 0.852. The highest BCUT2D eigenvalue weighted by molar-refractivity contribution is 6.10. The number of carbonyl (C=O) groups excluding carboxylic acids is 2. The Labute approximate surface area is 135 Å². The lowest BCUT2D eigenvalue weighted by Crippen LogP contribution is -2.31. The zero-order chi connectivity index (χ0) is 16.8. The van der Waals surface area contributed by atoms with Crippen molar-refractivity contribution in [3.05, 3.63) is 30.0 Å². The van der Waals surface area contributed by atoms with Gasteiger partial charge in [0.15, 0.2) is 0 Å². The fourth-order valence-corrected chi connectivity index (χ4v) is 2.34. The van der Waals surface area contributed by atoms with Crippen LogP contribution in [0.1, 0.15) is 31.3 Å². The third-order valence-corrected chi connectivity index (χ3v) is 3.54. The normalized spacial score (nSPS) is 10.7. The molecule has 0 bridgehead atoms. The summed E-state index contributed by atoms with van der Waals surface area (Å²) in [5.41, 5.74) is 0.969. The molecule has 6 heteroatoms. The first kappa shape index (κ1) is 17.0. The monoisotopic (exact) mass is 318 g/mol. The van der Waals surface area contributed by atoms with E-state index in [-0.39, 0.29) is 24.2 Å². The van der Waals surface area contributed by atoms with Gasteiger partial charge in [-0.15, -0.1) is 0 Å². The first-order valence-electron chi connectivity index (χ1n) is 7.80. The molecule has 0 aliphatic rings. The van der Waals surface area contributed by atoms with E-state index in [9.17, 15) is 9.59 Å². The fourth-order valence-electron chi connectivity index (χ4n) is 2.34. The molecule has 6 nitrogen and oxygen atoms in total. The van der Waals surface area contributed by atoms with Gasteiger partial charge in [0.25, 0.3) is 5.91 Å². The molecule has 0 saturated carbocycles. The van der Waals surface area contributed by atoms with Crippen LogP contribution < -0.4 is 5.32 Å². The summed E-state index contributed by atoms with van der Waals surface area (Å²) < 4.78 is 10.8. The number of carbonyl (C=O) groups is 2. The highest BCUT2D eigenvalue weighted by Gasteiger charge is 2.25. The SMILES string of the molecule is CCOCC(=O)Nc1c(C(=O)N(CC)CC)oc2ccccc12. The number of hydrogen-bond donors (Lipinski definition) is 1. The molecule has 0 aliphatic carbocycles. The van der Waals surface area contributed by atoms with Gasteiger partial charge in [0.1, 0.15) is 17.9 Å². The summed E-state index contributed by atoms with van der Waals surface area (Å²) >= 11 is 0. The molecule has 0 atom stereocenters. The maximum atomic E-state index is 12.6. The first-order chi connectivity index (χ1) is 11.1. The smallest absolute Gasteiger partial charge is 0.291 e. The molecule has 124 valence electrons. The minimum absolute atomic E-state index is 0.0606. The number of ether oxygens (including phenoxy) is 1. The van der Waals surface area contributed by atoms with Crippen molar-refractivity contribution in [3.63, 3.8) is 0 Å². The third kappa shape index (κ3) is 3.71. The van der Waals surface area contributed by atoms with Crippen LogP contribution in [0.3, 0.4) is 0 Å². The average molecular weight is 318 g/mol. The van der Waals surface area contributed by atoms with Crippen LogP contribution in [0.5, 0.6) is 0 Å². The Kier molecular flexibility index (Phi) is 5.76. The van der Waals surface area contributed by atoms with Gasteiger partial charge in [-0.2, -0.15) is 0 Å². The Morgan fingerprint density at radius 2 is 1.87 bits per heavy atom. The van der Waals surface area contributed by atoms with Crippen molar-refractivity contribution in [2.75, 3.05) is 31.6 Å². The van der Waals surface area contributed by atoms with Crippen LogP contribution in [0.25, 0.3) is 11.0 Å². The molecular weight excluding hydrogens is 296 g/mol. The standard InChI is InChI=1S/C17H22N2O4/c1-4-19(5-2)17(21)16-15(18-14(20)11-22-6-3)12-9-7-8-10-13(12)23-16/h7-10H,4-6,11H2,1-3H3,(H,18,20). The number of hydrogen-bond acceptors (Lipinski definition) is 4. The molecule has 1 heterocycles. The van der Waals surface area contributed by atoms with Crippen molar-refractivity contribution in [2.24, 2.45) is 0 Å². The topological polar surface area (TPSA) is 71.8 Å². The maximum Gasteiger partial charge on any atom is 0.291 e. The Morgan fingerprint density at radius 1 is 1.17 bits per heavy atom. The van der Waals surface area contributed by atoms with Crippen molar-refractivity contribution < 1.29 is 18.7 Å². The lowest BCUT2D eigenvalue weighted by Gasteiger charge is -2.17. The number of amides is 2. The molecule has 0 spiro atoms. The van der Waals surface area contributed by atoms with Crippen LogP contribution >= 0.6 is 0 Å². The van der Waals surface area contributed by atoms with Crippen molar-refractivity contribution in [3.8, 4) is 0 Å². The van der Waals surface area contributed by atoms with E-state index in [1.807, 2.05) is 39.0 Å². The van der Waals surface area contributed by atoms with Gasteiger partial charge in [-0.05, 0) is 32.9 Å². The number of nitrogens with zero attached hydrogens (tertiary/aromatic N) is 1. The average Bonchev–Trinajstić information content (AvgIpc) is 2.92. The van der Waals surface area contributed by atoms with E-state index in [1.54, 1.807) is 11.0 Å². The van der Waals surface area contributed by atoms with Gasteiger partial charge >= 0.3 is 0 Å². The van der Waals surface area contributed by atoms with Gasteiger partial charge in [-0.25, -0.2) is 0 Å². The Balaban J connectivity index is 2.41. The maximum absolute atomic E-state index is 12.6. The minimum Gasteiger partial charge on any atom is -0.449 e. The van der Waals surface area contributed by atoms with E-state index < -0.39 is 0 Å². The minimum atomic E-state index is -0.313. The lowest BCUT2D eigenvalue weighted by atomic mass is 10.2. The van der Waals surface area contributed by atoms with Crippen molar-refractivity contribution in [1.29, 1.82) is 0 Å². The van der Waals surface area contributed by atoms with Gasteiger partial charge in [0.2, 0.25) is 11.7 Å². The van der Waals surface area contributed by atoms with Crippen LogP contribution in [0.4, 0.5) is 5.69 Å². The summed E-state index contributed by atoms with van der Waals surface area (Å²) in [6.07, 6.45) is 0. The summed E-state index contributed by atoms with van der Waals surface area (Å²) in [6, 6.07) is 7.24. The van der Waals surface area contributed by atoms with Crippen molar-refractivity contribution in [1.82, 2.24) is 4.90 Å². The van der Waals surface area contributed by atoms with E-state index in [0.29, 0.717) is 36.4 Å².